The van der Waals surface area contributed by atoms with E-state index in [2.05, 4.69) is 11.9 Å². The Morgan fingerprint density at radius 3 is 2.58 bits per heavy atom. The van der Waals surface area contributed by atoms with Crippen LogP contribution in [0, 0.1) is 0 Å². The first-order chi connectivity index (χ1) is 18.6. The fourth-order valence-electron chi connectivity index (χ4n) is 4.73. The van der Waals surface area contributed by atoms with Gasteiger partial charge in [0.05, 0.1) is 24.5 Å². The Morgan fingerprint density at radius 2 is 1.84 bits per heavy atom. The van der Waals surface area contributed by atoms with E-state index in [1.165, 1.54) is 4.90 Å². The number of aryl methyl sites for hydroxylation is 1. The van der Waals surface area contributed by atoms with Crippen LogP contribution in [-0.4, -0.2) is 57.6 Å². The lowest BCUT2D eigenvalue weighted by atomic mass is 9.95. The molecule has 0 aliphatic carbocycles. The molecule has 1 saturated heterocycles. The molecule has 9 heteroatoms. The average Bonchev–Trinajstić information content (AvgIpc) is 3.55. The van der Waals surface area contributed by atoms with Gasteiger partial charge in [-0.1, -0.05) is 25.5 Å². The lowest BCUT2D eigenvalue weighted by Gasteiger charge is -2.26. The summed E-state index contributed by atoms with van der Waals surface area (Å²) in [5.74, 6) is 0.177. The van der Waals surface area contributed by atoms with E-state index in [1.807, 2.05) is 35.0 Å². The summed E-state index contributed by atoms with van der Waals surface area (Å²) in [6, 6.07) is 11.6. The van der Waals surface area contributed by atoms with E-state index in [1.54, 1.807) is 30.7 Å². The molecular weight excluding hydrogens is 486 g/mol. The van der Waals surface area contributed by atoms with Crippen molar-refractivity contribution in [2.45, 2.75) is 38.8 Å². The van der Waals surface area contributed by atoms with E-state index < -0.39 is 17.7 Å². The average molecular weight is 518 g/mol. The highest BCUT2D eigenvalue weighted by atomic mass is 16.6. The van der Waals surface area contributed by atoms with Gasteiger partial charge >= 0.3 is 0 Å². The molecule has 0 spiro atoms. The summed E-state index contributed by atoms with van der Waals surface area (Å²) in [6.45, 7) is 4.53. The maximum atomic E-state index is 13.3. The number of rotatable bonds is 10. The number of imidazole rings is 1. The molecule has 0 radical (unpaired) electrons. The van der Waals surface area contributed by atoms with Crippen LogP contribution < -0.4 is 14.2 Å². The molecular formula is C29H31N3O6. The number of hydrogen-bond acceptors (Lipinski definition) is 7. The normalized spacial score (nSPS) is 18.1. The number of hydrogen-bond donors (Lipinski definition) is 1. The zero-order valence-corrected chi connectivity index (χ0v) is 21.3. The molecule has 1 N–H and O–H groups in total. The number of benzene rings is 2. The number of ketones is 1. The van der Waals surface area contributed by atoms with Crippen LogP contribution in [0.5, 0.6) is 17.2 Å². The van der Waals surface area contributed by atoms with Crippen LogP contribution in [0.15, 0.2) is 66.8 Å². The van der Waals surface area contributed by atoms with Gasteiger partial charge in [-0.2, -0.15) is 0 Å². The maximum Gasteiger partial charge on any atom is 0.295 e. The minimum atomic E-state index is -0.740. The highest BCUT2D eigenvalue weighted by Crippen LogP contribution is 2.41. The molecule has 2 aliphatic rings. The van der Waals surface area contributed by atoms with Gasteiger partial charge in [-0.3, -0.25) is 9.59 Å². The highest BCUT2D eigenvalue weighted by molar-refractivity contribution is 6.46. The van der Waals surface area contributed by atoms with Gasteiger partial charge in [0, 0.05) is 31.0 Å². The number of unbranched alkanes of at least 4 members (excludes halogenated alkanes) is 1. The van der Waals surface area contributed by atoms with Crippen LogP contribution in [0.2, 0.25) is 0 Å². The number of carbonyl (C=O) groups excluding carboxylic acids is 2. The second-order valence-electron chi connectivity index (χ2n) is 9.28. The van der Waals surface area contributed by atoms with Crippen LogP contribution in [0.25, 0.3) is 5.76 Å². The Balaban J connectivity index is 1.48. The zero-order valence-electron chi connectivity index (χ0n) is 21.3. The summed E-state index contributed by atoms with van der Waals surface area (Å²) in [4.78, 5) is 32.2. The monoisotopic (exact) mass is 517 g/mol. The molecule has 1 aromatic heterocycles. The molecule has 1 atom stereocenters. The standard InChI is InChI=1S/C29H31N3O6/c1-2-3-15-36-22-8-5-20(6-9-22)26-25(27(33)21-7-10-23-24(18-21)38-17-16-37-23)28(34)29(35)32(26)13-4-12-31-14-11-30-19-31/h5-11,14,18-19,26,33H,2-4,12-13,15-17H2,1H3. The summed E-state index contributed by atoms with van der Waals surface area (Å²) in [6.07, 6.45) is 7.86. The van der Waals surface area contributed by atoms with Crippen molar-refractivity contribution in [3.05, 3.63) is 77.9 Å². The van der Waals surface area contributed by atoms with E-state index in [9.17, 15) is 14.7 Å². The van der Waals surface area contributed by atoms with Crippen LogP contribution in [0.1, 0.15) is 43.4 Å². The van der Waals surface area contributed by atoms with Crippen molar-refractivity contribution in [3.8, 4) is 17.2 Å². The van der Waals surface area contributed by atoms with Gasteiger partial charge in [0.2, 0.25) is 0 Å². The third kappa shape index (κ3) is 5.22. The molecule has 9 nitrogen and oxygen atoms in total. The van der Waals surface area contributed by atoms with Crippen LogP contribution in [0.4, 0.5) is 0 Å². The Hall–Kier alpha value is -4.27. The van der Waals surface area contributed by atoms with Crippen molar-refractivity contribution in [2.24, 2.45) is 0 Å². The third-order valence-corrected chi connectivity index (χ3v) is 6.69. The van der Waals surface area contributed by atoms with E-state index in [0.717, 1.165) is 12.8 Å². The maximum absolute atomic E-state index is 13.3. The molecule has 2 aliphatic heterocycles. The summed E-state index contributed by atoms with van der Waals surface area (Å²) in [5, 5.41) is 11.4. The number of aliphatic hydroxyl groups excluding tert-OH is 1. The smallest absolute Gasteiger partial charge is 0.295 e. The van der Waals surface area contributed by atoms with Crippen LogP contribution in [-0.2, 0) is 16.1 Å². The number of likely N-dealkylation sites (tertiary alicyclic amines) is 1. The second-order valence-corrected chi connectivity index (χ2v) is 9.28. The van der Waals surface area contributed by atoms with Gasteiger partial charge in [-0.25, -0.2) is 4.98 Å². The lowest BCUT2D eigenvalue weighted by Crippen LogP contribution is -2.31. The summed E-state index contributed by atoms with van der Waals surface area (Å²) < 4.78 is 18.9. The predicted octanol–water partition coefficient (Wildman–Crippen LogP) is 4.35. The Morgan fingerprint density at radius 1 is 1.05 bits per heavy atom. The minimum absolute atomic E-state index is 0.0500. The number of amides is 1. The van der Waals surface area contributed by atoms with E-state index in [0.29, 0.717) is 67.7 Å². The second kappa shape index (κ2) is 11.4. The number of aromatic nitrogens is 2. The Bertz CT molecular complexity index is 1320. The third-order valence-electron chi connectivity index (χ3n) is 6.69. The van der Waals surface area contributed by atoms with Gasteiger partial charge in [0.25, 0.3) is 11.7 Å². The Labute approximate surface area is 221 Å². The van der Waals surface area contributed by atoms with Crippen LogP contribution >= 0.6 is 0 Å². The molecule has 1 unspecified atom stereocenters. The Kier molecular flexibility index (Phi) is 7.62. The quantitative estimate of drug-likeness (QED) is 0.185. The van der Waals surface area contributed by atoms with E-state index >= 15 is 0 Å². The number of fused-ring (bicyclic) bond motifs is 1. The molecule has 0 saturated carbocycles. The SMILES string of the molecule is CCCCOc1ccc(C2C(=C(O)c3ccc4c(c3)OCCO4)C(=O)C(=O)N2CCCn2ccnc2)cc1. The molecule has 1 fully saturated rings. The van der Waals surface area contributed by atoms with Crippen LogP contribution in [0.3, 0.4) is 0 Å². The fraction of sp³-hybridized carbons (Fsp3) is 0.345. The first kappa shape index (κ1) is 25.4. The number of carbonyl (C=O) groups is 2. The number of ether oxygens (including phenoxy) is 3. The fourth-order valence-corrected chi connectivity index (χ4v) is 4.73. The topological polar surface area (TPSA) is 103 Å². The molecule has 38 heavy (non-hydrogen) atoms. The van der Waals surface area contributed by atoms with Gasteiger partial charge in [-0.15, -0.1) is 0 Å². The minimum Gasteiger partial charge on any atom is -0.507 e. The van der Waals surface area contributed by atoms with E-state index in [4.69, 9.17) is 14.2 Å². The lowest BCUT2D eigenvalue weighted by molar-refractivity contribution is -0.139. The molecule has 3 aromatic rings. The summed E-state index contributed by atoms with van der Waals surface area (Å²) >= 11 is 0. The van der Waals surface area contributed by atoms with Crippen molar-refractivity contribution in [1.82, 2.24) is 14.5 Å². The van der Waals surface area contributed by atoms with Gasteiger partial charge in [-0.05, 0) is 48.7 Å². The number of aliphatic hydroxyl groups is 1. The van der Waals surface area contributed by atoms with Crippen molar-refractivity contribution < 1.29 is 28.9 Å². The zero-order chi connectivity index (χ0) is 26.5. The summed E-state index contributed by atoms with van der Waals surface area (Å²) in [7, 11) is 0. The number of nitrogens with zero attached hydrogens (tertiary/aromatic N) is 3. The molecule has 1 amide bonds. The van der Waals surface area contributed by atoms with Crippen molar-refractivity contribution in [2.75, 3.05) is 26.4 Å². The molecule has 5 rings (SSSR count). The molecule has 3 heterocycles. The van der Waals surface area contributed by atoms with Crippen molar-refractivity contribution >= 4 is 17.4 Å². The first-order valence-electron chi connectivity index (χ1n) is 12.9. The van der Waals surface area contributed by atoms with Gasteiger partial charge < -0.3 is 28.8 Å². The predicted molar refractivity (Wildman–Crippen MR) is 140 cm³/mol. The first-order valence-corrected chi connectivity index (χ1v) is 12.9. The molecule has 2 aromatic carbocycles. The highest BCUT2D eigenvalue weighted by Gasteiger charge is 2.45. The largest absolute Gasteiger partial charge is 0.507 e. The molecule has 0 bridgehead atoms. The molecule has 198 valence electrons. The number of Topliss-reactive ketones (excluding diaryl/α,β-unsaturated/α-hetero) is 1. The van der Waals surface area contributed by atoms with Gasteiger partial charge in [0.15, 0.2) is 11.5 Å². The van der Waals surface area contributed by atoms with Gasteiger partial charge in [0.1, 0.15) is 24.7 Å². The van der Waals surface area contributed by atoms with Crippen molar-refractivity contribution in [1.29, 1.82) is 0 Å². The summed E-state index contributed by atoms with van der Waals surface area (Å²) in [5.41, 5.74) is 1.15. The van der Waals surface area contributed by atoms with Crippen molar-refractivity contribution in [3.63, 3.8) is 0 Å². The van der Waals surface area contributed by atoms with E-state index in [-0.39, 0.29) is 11.3 Å².